The summed E-state index contributed by atoms with van der Waals surface area (Å²) in [5.74, 6) is -1.22. The third kappa shape index (κ3) is 4.56. The van der Waals surface area contributed by atoms with Gasteiger partial charge in [0, 0.05) is 18.3 Å². The average molecular weight is 382 g/mol. The number of hydrogen-bond donors (Lipinski definition) is 1. The van der Waals surface area contributed by atoms with Gasteiger partial charge in [-0.15, -0.1) is 0 Å². The fourth-order valence-corrected chi connectivity index (χ4v) is 4.35. The van der Waals surface area contributed by atoms with Gasteiger partial charge in [-0.1, -0.05) is 6.07 Å². The number of sulfonamides is 1. The predicted molar refractivity (Wildman–Crippen MR) is 92.3 cm³/mol. The number of aromatic nitrogens is 1. The summed E-state index contributed by atoms with van der Waals surface area (Å²) in [5.41, 5.74) is 1.04. The first-order chi connectivity index (χ1) is 12.3. The van der Waals surface area contributed by atoms with Gasteiger partial charge in [0.15, 0.2) is 0 Å². The molecule has 1 aliphatic rings. The van der Waals surface area contributed by atoms with Gasteiger partial charge in [0.2, 0.25) is 15.9 Å². The highest BCUT2D eigenvalue weighted by Gasteiger charge is 2.28. The van der Waals surface area contributed by atoms with Crippen molar-refractivity contribution < 1.29 is 21.9 Å². The SMILES string of the molecule is Cc1ccc(OC2CCC(NS(=O)(=O)c3cc(F)ccc3F)CC2)nc1. The molecule has 1 aromatic heterocycles. The molecule has 0 aliphatic heterocycles. The molecule has 26 heavy (non-hydrogen) atoms. The number of ether oxygens (including phenoxy) is 1. The molecule has 1 aliphatic carbocycles. The van der Waals surface area contributed by atoms with Crippen molar-refractivity contribution in [2.75, 3.05) is 0 Å². The second kappa shape index (κ2) is 7.67. The van der Waals surface area contributed by atoms with Crippen molar-refractivity contribution in [3.05, 3.63) is 53.7 Å². The molecule has 0 saturated heterocycles. The lowest BCUT2D eigenvalue weighted by molar-refractivity contribution is 0.138. The lowest BCUT2D eigenvalue weighted by Crippen LogP contribution is -2.40. The van der Waals surface area contributed by atoms with Crippen molar-refractivity contribution >= 4 is 10.0 Å². The molecule has 0 amide bonds. The first-order valence-corrected chi connectivity index (χ1v) is 9.88. The van der Waals surface area contributed by atoms with Gasteiger partial charge in [-0.25, -0.2) is 26.9 Å². The van der Waals surface area contributed by atoms with E-state index >= 15 is 0 Å². The molecule has 5 nitrogen and oxygen atoms in total. The van der Waals surface area contributed by atoms with Crippen molar-refractivity contribution in [1.29, 1.82) is 0 Å². The molecule has 3 rings (SSSR count). The van der Waals surface area contributed by atoms with Crippen LogP contribution in [-0.2, 0) is 10.0 Å². The molecular weight excluding hydrogens is 362 g/mol. The van der Waals surface area contributed by atoms with E-state index in [0.717, 1.165) is 17.7 Å². The second-order valence-corrected chi connectivity index (χ2v) is 8.14. The lowest BCUT2D eigenvalue weighted by Gasteiger charge is -2.29. The number of nitrogens with zero attached hydrogens (tertiary/aromatic N) is 1. The van der Waals surface area contributed by atoms with Gasteiger partial charge in [0.1, 0.15) is 22.6 Å². The van der Waals surface area contributed by atoms with Crippen LogP contribution in [0, 0.1) is 18.6 Å². The monoisotopic (exact) mass is 382 g/mol. The summed E-state index contributed by atoms with van der Waals surface area (Å²) >= 11 is 0. The van der Waals surface area contributed by atoms with Crippen molar-refractivity contribution in [2.24, 2.45) is 0 Å². The zero-order valence-corrected chi connectivity index (χ0v) is 15.1. The normalized spacial score (nSPS) is 20.7. The minimum absolute atomic E-state index is 0.0446. The van der Waals surface area contributed by atoms with Crippen LogP contribution in [0.2, 0.25) is 0 Å². The molecule has 1 fully saturated rings. The largest absolute Gasteiger partial charge is 0.474 e. The Kier molecular flexibility index (Phi) is 5.52. The first-order valence-electron chi connectivity index (χ1n) is 8.40. The zero-order chi connectivity index (χ0) is 18.7. The maximum absolute atomic E-state index is 13.7. The van der Waals surface area contributed by atoms with E-state index in [9.17, 15) is 17.2 Å². The molecule has 1 saturated carbocycles. The molecule has 0 radical (unpaired) electrons. The van der Waals surface area contributed by atoms with Gasteiger partial charge >= 0.3 is 0 Å². The Balaban J connectivity index is 1.58. The van der Waals surface area contributed by atoms with Crippen LogP contribution in [-0.4, -0.2) is 25.5 Å². The van der Waals surface area contributed by atoms with Gasteiger partial charge in [-0.3, -0.25) is 0 Å². The molecule has 0 bridgehead atoms. The van der Waals surface area contributed by atoms with Gasteiger partial charge in [0.05, 0.1) is 0 Å². The highest BCUT2D eigenvalue weighted by atomic mass is 32.2. The van der Waals surface area contributed by atoms with Crippen LogP contribution >= 0.6 is 0 Å². The molecule has 8 heteroatoms. The summed E-state index contributed by atoms with van der Waals surface area (Å²) in [7, 11) is -4.11. The van der Waals surface area contributed by atoms with Crippen LogP contribution in [0.15, 0.2) is 41.4 Å². The maximum atomic E-state index is 13.7. The lowest BCUT2D eigenvalue weighted by atomic mass is 9.94. The highest BCUT2D eigenvalue weighted by Crippen LogP contribution is 2.25. The van der Waals surface area contributed by atoms with Crippen LogP contribution < -0.4 is 9.46 Å². The van der Waals surface area contributed by atoms with Crippen molar-refractivity contribution in [2.45, 2.75) is 49.6 Å². The molecule has 0 spiro atoms. The molecule has 0 atom stereocenters. The highest BCUT2D eigenvalue weighted by molar-refractivity contribution is 7.89. The molecule has 1 aromatic carbocycles. The molecule has 1 N–H and O–H groups in total. The fraction of sp³-hybridized carbons (Fsp3) is 0.389. The van der Waals surface area contributed by atoms with Crippen LogP contribution in [0.1, 0.15) is 31.2 Å². The van der Waals surface area contributed by atoms with Crippen LogP contribution in [0.5, 0.6) is 5.88 Å². The van der Waals surface area contributed by atoms with E-state index in [2.05, 4.69) is 9.71 Å². The van der Waals surface area contributed by atoms with E-state index in [1.54, 1.807) is 12.3 Å². The Morgan fingerprint density at radius 2 is 1.85 bits per heavy atom. The minimum Gasteiger partial charge on any atom is -0.474 e. The van der Waals surface area contributed by atoms with Crippen LogP contribution in [0.4, 0.5) is 8.78 Å². The predicted octanol–water partition coefficient (Wildman–Crippen LogP) is 3.34. The molecule has 0 unspecified atom stereocenters. The van der Waals surface area contributed by atoms with Crippen molar-refractivity contribution in [3.63, 3.8) is 0 Å². The Hall–Kier alpha value is -2.06. The smallest absolute Gasteiger partial charge is 0.243 e. The van der Waals surface area contributed by atoms with Crippen molar-refractivity contribution in [1.82, 2.24) is 9.71 Å². The summed E-state index contributed by atoms with van der Waals surface area (Å²) in [6.07, 6.45) is 4.07. The van der Waals surface area contributed by atoms with E-state index in [0.29, 0.717) is 37.6 Å². The summed E-state index contributed by atoms with van der Waals surface area (Å²) < 4.78 is 59.9. The van der Waals surface area contributed by atoms with Crippen LogP contribution in [0.25, 0.3) is 0 Å². The third-order valence-corrected chi connectivity index (χ3v) is 5.89. The van der Waals surface area contributed by atoms with Gasteiger partial charge < -0.3 is 4.74 Å². The van der Waals surface area contributed by atoms with Gasteiger partial charge in [-0.2, -0.15) is 0 Å². The molecular formula is C18H20F2N2O3S. The van der Waals surface area contributed by atoms with Crippen LogP contribution in [0.3, 0.4) is 0 Å². The number of hydrogen-bond acceptors (Lipinski definition) is 4. The van der Waals surface area contributed by atoms with E-state index in [-0.39, 0.29) is 12.1 Å². The Morgan fingerprint density at radius 1 is 1.12 bits per heavy atom. The Bertz CT molecular complexity index is 865. The summed E-state index contributed by atoms with van der Waals surface area (Å²) in [6, 6.07) is 5.76. The number of benzene rings is 1. The Labute approximate surface area is 151 Å². The molecule has 140 valence electrons. The topological polar surface area (TPSA) is 68.3 Å². The number of nitrogens with one attached hydrogen (secondary N) is 1. The maximum Gasteiger partial charge on any atom is 0.243 e. The van der Waals surface area contributed by atoms with E-state index < -0.39 is 26.6 Å². The van der Waals surface area contributed by atoms with Gasteiger partial charge in [-0.05, 0) is 56.4 Å². The van der Waals surface area contributed by atoms with E-state index in [1.807, 2.05) is 13.0 Å². The zero-order valence-electron chi connectivity index (χ0n) is 14.3. The Morgan fingerprint density at radius 3 is 2.50 bits per heavy atom. The minimum atomic E-state index is -4.11. The number of halogens is 2. The first kappa shape index (κ1) is 18.7. The fourth-order valence-electron chi connectivity index (χ4n) is 2.96. The average Bonchev–Trinajstić information content (AvgIpc) is 2.60. The van der Waals surface area contributed by atoms with Gasteiger partial charge in [0.25, 0.3) is 0 Å². The quantitative estimate of drug-likeness (QED) is 0.861. The van der Waals surface area contributed by atoms with E-state index in [4.69, 9.17) is 4.74 Å². The number of pyridine rings is 1. The summed E-state index contributed by atoms with van der Waals surface area (Å²) in [4.78, 5) is 3.53. The summed E-state index contributed by atoms with van der Waals surface area (Å²) in [5, 5.41) is 0. The second-order valence-electron chi connectivity index (χ2n) is 6.46. The summed E-state index contributed by atoms with van der Waals surface area (Å²) in [6.45, 7) is 1.94. The third-order valence-electron chi connectivity index (χ3n) is 4.35. The standard InChI is InChI=1S/C18H20F2N2O3S/c1-12-2-9-18(21-11-12)25-15-6-4-14(5-7-15)22-26(23,24)17-10-13(19)3-8-16(17)20/h2-3,8-11,14-15,22H,4-7H2,1H3. The molecule has 2 aromatic rings. The van der Waals surface area contributed by atoms with E-state index in [1.165, 1.54) is 0 Å². The number of rotatable bonds is 5. The number of aryl methyl sites for hydroxylation is 1. The van der Waals surface area contributed by atoms with Crippen molar-refractivity contribution in [3.8, 4) is 5.88 Å². The molecule has 1 heterocycles.